The first-order chi connectivity index (χ1) is 6.27. The highest BCUT2D eigenvalue weighted by Gasteiger charge is 2.16. The summed E-state index contributed by atoms with van der Waals surface area (Å²) in [6.07, 6.45) is 3.24. The molecule has 0 saturated carbocycles. The minimum Gasteiger partial charge on any atom is -0.478 e. The molecule has 0 amide bonds. The lowest BCUT2D eigenvalue weighted by molar-refractivity contribution is -0.132. The molecule has 2 rings (SSSR count). The molecule has 13 heavy (non-hydrogen) atoms. The van der Waals surface area contributed by atoms with Gasteiger partial charge in [0.05, 0.1) is 5.57 Å². The highest BCUT2D eigenvalue weighted by molar-refractivity contribution is 8.17. The molecule has 0 aliphatic carbocycles. The van der Waals surface area contributed by atoms with Crippen molar-refractivity contribution in [3.8, 4) is 0 Å². The summed E-state index contributed by atoms with van der Waals surface area (Å²) < 4.78 is 0. The van der Waals surface area contributed by atoms with Crippen LogP contribution in [0.2, 0.25) is 0 Å². The summed E-state index contributed by atoms with van der Waals surface area (Å²) in [7, 11) is 0. The van der Waals surface area contributed by atoms with Crippen LogP contribution >= 0.6 is 11.8 Å². The monoisotopic (exact) mass is 194 g/mol. The van der Waals surface area contributed by atoms with Gasteiger partial charge in [0, 0.05) is 11.8 Å². The molecule has 66 valence electrons. The number of aliphatic imine (C=N–C) groups is 2. The van der Waals surface area contributed by atoms with E-state index >= 15 is 0 Å². The largest absolute Gasteiger partial charge is 0.478 e. The third kappa shape index (κ3) is 1.55. The summed E-state index contributed by atoms with van der Waals surface area (Å²) in [6, 6.07) is 0. The second kappa shape index (κ2) is 3.18. The Labute approximate surface area is 78.8 Å². The minimum atomic E-state index is -0.918. The van der Waals surface area contributed by atoms with Crippen LogP contribution in [0.1, 0.15) is 0 Å². The van der Waals surface area contributed by atoms with Gasteiger partial charge in [0.15, 0.2) is 0 Å². The summed E-state index contributed by atoms with van der Waals surface area (Å²) in [5.41, 5.74) is 1.07. The molecule has 2 aliphatic rings. The van der Waals surface area contributed by atoms with Crippen LogP contribution in [0.15, 0.2) is 32.6 Å². The van der Waals surface area contributed by atoms with Crippen molar-refractivity contribution in [1.82, 2.24) is 0 Å². The number of rotatable bonds is 1. The van der Waals surface area contributed by atoms with Crippen LogP contribution in [-0.4, -0.2) is 29.0 Å². The number of thioether (sulfide) groups is 1. The Bertz CT molecular complexity index is 380. The van der Waals surface area contributed by atoms with Gasteiger partial charge in [0.25, 0.3) is 0 Å². The molecule has 0 aromatic carbocycles. The van der Waals surface area contributed by atoms with Crippen molar-refractivity contribution in [1.29, 1.82) is 0 Å². The molecule has 0 aromatic heterocycles. The fraction of sp³-hybridized carbons (Fsp3) is 0.125. The van der Waals surface area contributed by atoms with Gasteiger partial charge in [0.1, 0.15) is 11.7 Å². The molecular formula is C8H6N2O2S. The first-order valence-electron chi connectivity index (χ1n) is 3.64. The first kappa shape index (κ1) is 8.25. The summed E-state index contributed by atoms with van der Waals surface area (Å²) >= 11 is 1.33. The number of nitrogens with zero attached hydrogens (tertiary/aromatic N) is 2. The average molecular weight is 194 g/mol. The van der Waals surface area contributed by atoms with Gasteiger partial charge in [-0.3, -0.25) is 9.98 Å². The SMILES string of the molecule is O=C(O)C1=CSC2=NCN=CC2=C1. The highest BCUT2D eigenvalue weighted by Crippen LogP contribution is 2.24. The van der Waals surface area contributed by atoms with E-state index in [0.717, 1.165) is 10.6 Å². The molecule has 2 aliphatic heterocycles. The quantitative estimate of drug-likeness (QED) is 0.679. The summed E-state index contributed by atoms with van der Waals surface area (Å²) in [6.45, 7) is 0.440. The minimum absolute atomic E-state index is 0.285. The molecular weight excluding hydrogens is 188 g/mol. The summed E-state index contributed by atoms with van der Waals surface area (Å²) in [5.74, 6) is -0.918. The maximum absolute atomic E-state index is 10.6. The average Bonchev–Trinajstić information content (AvgIpc) is 2.17. The molecule has 4 nitrogen and oxygen atoms in total. The van der Waals surface area contributed by atoms with Crippen molar-refractivity contribution >= 4 is 29.0 Å². The normalized spacial score (nSPS) is 19.8. The Morgan fingerprint density at radius 2 is 2.46 bits per heavy atom. The van der Waals surface area contributed by atoms with E-state index in [2.05, 4.69) is 9.98 Å². The van der Waals surface area contributed by atoms with Crippen LogP contribution in [0.3, 0.4) is 0 Å². The third-order valence-corrected chi connectivity index (χ3v) is 2.59. The zero-order valence-electron chi connectivity index (χ0n) is 6.60. The van der Waals surface area contributed by atoms with Crippen LogP contribution in [0.4, 0.5) is 0 Å². The van der Waals surface area contributed by atoms with Gasteiger partial charge in [-0.15, -0.1) is 0 Å². The third-order valence-electron chi connectivity index (χ3n) is 1.63. The number of carbonyl (C=O) groups is 1. The zero-order valence-corrected chi connectivity index (χ0v) is 7.41. The fourth-order valence-electron chi connectivity index (χ4n) is 1.03. The molecule has 1 N–H and O–H groups in total. The second-order valence-corrected chi connectivity index (χ2v) is 3.37. The van der Waals surface area contributed by atoms with Gasteiger partial charge >= 0.3 is 5.97 Å². The van der Waals surface area contributed by atoms with Crippen molar-refractivity contribution in [2.45, 2.75) is 0 Å². The number of hydrogen-bond acceptors (Lipinski definition) is 4. The maximum atomic E-state index is 10.6. The van der Waals surface area contributed by atoms with E-state index in [9.17, 15) is 4.79 Å². The van der Waals surface area contributed by atoms with Crippen LogP contribution in [0, 0.1) is 0 Å². The van der Waals surface area contributed by atoms with E-state index in [4.69, 9.17) is 5.11 Å². The van der Waals surface area contributed by atoms with E-state index in [1.54, 1.807) is 17.7 Å². The van der Waals surface area contributed by atoms with Gasteiger partial charge < -0.3 is 5.11 Å². The Balaban J connectivity index is 2.34. The lowest BCUT2D eigenvalue weighted by Gasteiger charge is -2.12. The van der Waals surface area contributed by atoms with Crippen molar-refractivity contribution in [2.24, 2.45) is 9.98 Å². The lowest BCUT2D eigenvalue weighted by atomic mass is 10.2. The molecule has 0 saturated heterocycles. The lowest BCUT2D eigenvalue weighted by Crippen LogP contribution is -2.11. The predicted octanol–water partition coefficient (Wildman–Crippen LogP) is 1.07. The first-order valence-corrected chi connectivity index (χ1v) is 4.52. The molecule has 2 heterocycles. The second-order valence-electron chi connectivity index (χ2n) is 2.51. The van der Waals surface area contributed by atoms with Crippen molar-refractivity contribution in [3.63, 3.8) is 0 Å². The van der Waals surface area contributed by atoms with Crippen molar-refractivity contribution in [2.75, 3.05) is 6.67 Å². The topological polar surface area (TPSA) is 62.0 Å². The highest BCUT2D eigenvalue weighted by atomic mass is 32.2. The molecule has 0 bridgehead atoms. The van der Waals surface area contributed by atoms with E-state index in [1.165, 1.54) is 11.8 Å². The molecule has 0 spiro atoms. The fourth-order valence-corrected chi connectivity index (χ4v) is 1.82. The van der Waals surface area contributed by atoms with Crippen molar-refractivity contribution < 1.29 is 9.90 Å². The van der Waals surface area contributed by atoms with E-state index in [-0.39, 0.29) is 5.57 Å². The molecule has 5 heteroatoms. The standard InChI is InChI=1S/C8H6N2O2S/c11-8(12)6-1-5-2-9-4-10-7(5)13-3-6/h1-3H,4H2,(H,11,12). The molecule has 0 fully saturated rings. The smallest absolute Gasteiger partial charge is 0.336 e. The Hall–Kier alpha value is -1.36. The molecule has 0 radical (unpaired) electrons. The summed E-state index contributed by atoms with van der Waals surface area (Å²) in [4.78, 5) is 18.7. The molecule has 0 unspecified atom stereocenters. The number of carboxylic acid groups (broad SMARTS) is 1. The number of hydrogen-bond donors (Lipinski definition) is 1. The number of aliphatic carboxylic acids is 1. The Kier molecular flexibility index (Phi) is 2.02. The van der Waals surface area contributed by atoms with Crippen LogP contribution in [0.25, 0.3) is 0 Å². The van der Waals surface area contributed by atoms with E-state index in [0.29, 0.717) is 6.67 Å². The molecule has 0 atom stereocenters. The van der Waals surface area contributed by atoms with Gasteiger partial charge in [-0.2, -0.15) is 0 Å². The predicted molar refractivity (Wildman–Crippen MR) is 52.2 cm³/mol. The van der Waals surface area contributed by atoms with Crippen LogP contribution in [-0.2, 0) is 4.79 Å². The van der Waals surface area contributed by atoms with Gasteiger partial charge in [-0.05, 0) is 11.5 Å². The molecule has 0 aromatic rings. The van der Waals surface area contributed by atoms with Gasteiger partial charge in [-0.25, -0.2) is 4.79 Å². The zero-order chi connectivity index (χ0) is 9.26. The van der Waals surface area contributed by atoms with Gasteiger partial charge in [0.2, 0.25) is 0 Å². The van der Waals surface area contributed by atoms with Crippen molar-refractivity contribution in [3.05, 3.63) is 22.6 Å². The van der Waals surface area contributed by atoms with E-state index in [1.807, 2.05) is 0 Å². The van der Waals surface area contributed by atoms with Gasteiger partial charge in [-0.1, -0.05) is 11.8 Å². The Morgan fingerprint density at radius 3 is 3.23 bits per heavy atom. The maximum Gasteiger partial charge on any atom is 0.336 e. The number of carboxylic acids is 1. The van der Waals surface area contributed by atoms with Crippen LogP contribution in [0.5, 0.6) is 0 Å². The Morgan fingerprint density at radius 1 is 1.62 bits per heavy atom. The van der Waals surface area contributed by atoms with E-state index < -0.39 is 5.97 Å². The van der Waals surface area contributed by atoms with Crippen LogP contribution < -0.4 is 0 Å². The summed E-state index contributed by atoms with van der Waals surface area (Å²) in [5, 5.41) is 11.2. The number of fused-ring (bicyclic) bond motifs is 1.